The summed E-state index contributed by atoms with van der Waals surface area (Å²) in [6.07, 6.45) is 0.589. The normalized spacial score (nSPS) is 11.3. The molecular weight excluding hydrogens is 204 g/mol. The molecule has 1 amide bonds. The summed E-state index contributed by atoms with van der Waals surface area (Å²) in [6, 6.07) is 8.39. The SMILES string of the molecule is CCC(C#N)NC(=O)c1cccc(OC)c1. The number of benzene rings is 1. The number of hydrogen-bond donors (Lipinski definition) is 1. The van der Waals surface area contributed by atoms with Crippen LogP contribution in [0.2, 0.25) is 0 Å². The Morgan fingerprint density at radius 3 is 2.94 bits per heavy atom. The number of nitrogens with zero attached hydrogens (tertiary/aromatic N) is 1. The van der Waals surface area contributed by atoms with Crippen molar-refractivity contribution < 1.29 is 9.53 Å². The van der Waals surface area contributed by atoms with E-state index in [9.17, 15) is 4.79 Å². The second kappa shape index (κ2) is 5.76. The average molecular weight is 218 g/mol. The molecule has 1 rings (SSSR count). The van der Waals surface area contributed by atoms with Crippen LogP contribution >= 0.6 is 0 Å². The van der Waals surface area contributed by atoms with Gasteiger partial charge in [-0.2, -0.15) is 5.26 Å². The van der Waals surface area contributed by atoms with Crippen LogP contribution in [0.5, 0.6) is 5.75 Å². The molecule has 0 aliphatic rings. The zero-order chi connectivity index (χ0) is 12.0. The third-order valence-corrected chi connectivity index (χ3v) is 2.20. The first-order chi connectivity index (χ1) is 7.71. The summed E-state index contributed by atoms with van der Waals surface area (Å²) in [7, 11) is 1.54. The molecular formula is C12H14N2O2. The van der Waals surface area contributed by atoms with Crippen LogP contribution in [-0.2, 0) is 0 Å². The van der Waals surface area contributed by atoms with E-state index in [1.807, 2.05) is 13.0 Å². The molecule has 1 aromatic carbocycles. The lowest BCUT2D eigenvalue weighted by molar-refractivity contribution is 0.0944. The van der Waals surface area contributed by atoms with Crippen LogP contribution in [0, 0.1) is 11.3 Å². The Kier molecular flexibility index (Phi) is 4.34. The van der Waals surface area contributed by atoms with E-state index < -0.39 is 6.04 Å². The second-order valence-corrected chi connectivity index (χ2v) is 3.30. The standard InChI is InChI=1S/C12H14N2O2/c1-3-10(8-13)14-12(15)9-5-4-6-11(7-9)16-2/h4-7,10H,3H2,1-2H3,(H,14,15). The molecule has 1 N–H and O–H groups in total. The lowest BCUT2D eigenvalue weighted by atomic mass is 10.1. The van der Waals surface area contributed by atoms with Gasteiger partial charge in [0, 0.05) is 5.56 Å². The van der Waals surface area contributed by atoms with Crippen LogP contribution in [0.15, 0.2) is 24.3 Å². The highest BCUT2D eigenvalue weighted by Crippen LogP contribution is 2.12. The number of hydrogen-bond acceptors (Lipinski definition) is 3. The van der Waals surface area contributed by atoms with Crippen LogP contribution in [0.3, 0.4) is 0 Å². The van der Waals surface area contributed by atoms with Gasteiger partial charge in [0.15, 0.2) is 0 Å². The summed E-state index contributed by atoms with van der Waals surface area (Å²) in [5, 5.41) is 11.4. The van der Waals surface area contributed by atoms with Gasteiger partial charge in [0.2, 0.25) is 0 Å². The van der Waals surface area contributed by atoms with Gasteiger partial charge in [-0.15, -0.1) is 0 Å². The topological polar surface area (TPSA) is 62.1 Å². The van der Waals surface area contributed by atoms with Gasteiger partial charge >= 0.3 is 0 Å². The number of carbonyl (C=O) groups excluding carboxylic acids is 1. The fraction of sp³-hybridized carbons (Fsp3) is 0.333. The number of ether oxygens (including phenoxy) is 1. The van der Waals surface area contributed by atoms with Crippen molar-refractivity contribution in [3.8, 4) is 11.8 Å². The predicted octanol–water partition coefficient (Wildman–Crippen LogP) is 1.73. The van der Waals surface area contributed by atoms with Crippen LogP contribution < -0.4 is 10.1 Å². The summed E-state index contributed by atoms with van der Waals surface area (Å²) < 4.78 is 5.02. The van der Waals surface area contributed by atoms with E-state index in [2.05, 4.69) is 5.32 Å². The Morgan fingerprint density at radius 2 is 2.38 bits per heavy atom. The number of carbonyl (C=O) groups is 1. The van der Waals surface area contributed by atoms with Gasteiger partial charge in [0.25, 0.3) is 5.91 Å². The number of nitrogens with one attached hydrogen (secondary N) is 1. The van der Waals surface area contributed by atoms with Gasteiger partial charge in [0.05, 0.1) is 13.2 Å². The van der Waals surface area contributed by atoms with Gasteiger partial charge in [-0.05, 0) is 24.6 Å². The zero-order valence-electron chi connectivity index (χ0n) is 9.36. The second-order valence-electron chi connectivity index (χ2n) is 3.30. The smallest absolute Gasteiger partial charge is 0.252 e. The Morgan fingerprint density at radius 1 is 1.62 bits per heavy atom. The van der Waals surface area contributed by atoms with Crippen molar-refractivity contribution in [2.45, 2.75) is 19.4 Å². The minimum atomic E-state index is -0.446. The average Bonchev–Trinajstić information content (AvgIpc) is 2.35. The number of nitriles is 1. The van der Waals surface area contributed by atoms with E-state index in [1.165, 1.54) is 0 Å². The van der Waals surface area contributed by atoms with Crippen molar-refractivity contribution >= 4 is 5.91 Å². The maximum atomic E-state index is 11.7. The van der Waals surface area contributed by atoms with E-state index in [0.717, 1.165) is 0 Å². The molecule has 0 aliphatic carbocycles. The van der Waals surface area contributed by atoms with Crippen LogP contribution in [0.1, 0.15) is 23.7 Å². The summed E-state index contributed by atoms with van der Waals surface area (Å²) >= 11 is 0. The minimum Gasteiger partial charge on any atom is -0.497 e. The molecule has 1 unspecified atom stereocenters. The van der Waals surface area contributed by atoms with E-state index in [1.54, 1.807) is 31.4 Å². The molecule has 0 radical (unpaired) electrons. The largest absolute Gasteiger partial charge is 0.497 e. The molecule has 0 saturated carbocycles. The van der Waals surface area contributed by atoms with Gasteiger partial charge in [-0.3, -0.25) is 4.79 Å². The fourth-order valence-corrected chi connectivity index (χ4v) is 1.23. The highest BCUT2D eigenvalue weighted by atomic mass is 16.5. The molecule has 0 spiro atoms. The molecule has 1 aromatic rings. The van der Waals surface area contributed by atoms with Crippen molar-refractivity contribution in [1.29, 1.82) is 5.26 Å². The molecule has 0 aliphatic heterocycles. The first kappa shape index (κ1) is 12.1. The monoisotopic (exact) mass is 218 g/mol. The van der Waals surface area contributed by atoms with E-state index in [4.69, 9.17) is 10.00 Å². The molecule has 0 aromatic heterocycles. The fourth-order valence-electron chi connectivity index (χ4n) is 1.23. The van der Waals surface area contributed by atoms with Crippen molar-refractivity contribution in [2.24, 2.45) is 0 Å². The van der Waals surface area contributed by atoms with Crippen LogP contribution in [-0.4, -0.2) is 19.1 Å². The van der Waals surface area contributed by atoms with Crippen molar-refractivity contribution in [1.82, 2.24) is 5.32 Å². The summed E-state index contributed by atoms with van der Waals surface area (Å²) in [6.45, 7) is 1.85. The molecule has 0 saturated heterocycles. The van der Waals surface area contributed by atoms with Crippen molar-refractivity contribution in [3.05, 3.63) is 29.8 Å². The number of methoxy groups -OCH3 is 1. The van der Waals surface area contributed by atoms with E-state index in [-0.39, 0.29) is 5.91 Å². The number of amides is 1. The highest BCUT2D eigenvalue weighted by Gasteiger charge is 2.11. The number of rotatable bonds is 4. The lowest BCUT2D eigenvalue weighted by Gasteiger charge is -2.09. The van der Waals surface area contributed by atoms with Crippen LogP contribution in [0.25, 0.3) is 0 Å². The quantitative estimate of drug-likeness (QED) is 0.837. The zero-order valence-corrected chi connectivity index (χ0v) is 9.36. The van der Waals surface area contributed by atoms with E-state index >= 15 is 0 Å². The summed E-state index contributed by atoms with van der Waals surface area (Å²) in [5.41, 5.74) is 0.494. The van der Waals surface area contributed by atoms with Gasteiger partial charge in [-0.1, -0.05) is 13.0 Å². The summed E-state index contributed by atoms with van der Waals surface area (Å²) in [5.74, 6) is 0.366. The molecule has 16 heavy (non-hydrogen) atoms. The molecule has 4 nitrogen and oxygen atoms in total. The molecule has 4 heteroatoms. The first-order valence-corrected chi connectivity index (χ1v) is 5.05. The Labute approximate surface area is 94.8 Å². The third-order valence-electron chi connectivity index (χ3n) is 2.20. The molecule has 0 heterocycles. The Balaban J connectivity index is 2.77. The predicted molar refractivity (Wildman–Crippen MR) is 60.2 cm³/mol. The molecule has 0 fully saturated rings. The maximum absolute atomic E-state index is 11.7. The maximum Gasteiger partial charge on any atom is 0.252 e. The van der Waals surface area contributed by atoms with Crippen molar-refractivity contribution in [2.75, 3.05) is 7.11 Å². The van der Waals surface area contributed by atoms with Crippen LogP contribution in [0.4, 0.5) is 0 Å². The van der Waals surface area contributed by atoms with Gasteiger partial charge < -0.3 is 10.1 Å². The Bertz CT molecular complexity index is 410. The van der Waals surface area contributed by atoms with E-state index in [0.29, 0.717) is 17.7 Å². The van der Waals surface area contributed by atoms with Gasteiger partial charge in [0.1, 0.15) is 11.8 Å². The molecule has 84 valence electrons. The first-order valence-electron chi connectivity index (χ1n) is 5.05. The van der Waals surface area contributed by atoms with Gasteiger partial charge in [-0.25, -0.2) is 0 Å². The Hall–Kier alpha value is -2.02. The molecule has 1 atom stereocenters. The third kappa shape index (κ3) is 2.99. The lowest BCUT2D eigenvalue weighted by Crippen LogP contribution is -2.33. The minimum absolute atomic E-state index is 0.257. The highest BCUT2D eigenvalue weighted by molar-refractivity contribution is 5.94. The summed E-state index contributed by atoms with van der Waals surface area (Å²) in [4.78, 5) is 11.7. The molecule has 0 bridgehead atoms. The van der Waals surface area contributed by atoms with Crippen molar-refractivity contribution in [3.63, 3.8) is 0 Å².